The van der Waals surface area contributed by atoms with Gasteiger partial charge in [0.15, 0.2) is 0 Å². The maximum atomic E-state index is 12.0. The van der Waals surface area contributed by atoms with Crippen molar-refractivity contribution in [1.29, 1.82) is 0 Å². The number of nitrogens with one attached hydrogen (secondary N) is 3. The normalized spacial score (nSPS) is 25.4. The molecule has 6 heteroatoms. The van der Waals surface area contributed by atoms with Crippen molar-refractivity contribution in [3.05, 3.63) is 0 Å². The predicted molar refractivity (Wildman–Crippen MR) is 93.7 cm³/mol. The minimum atomic E-state index is -0.0707. The molecule has 3 amide bonds. The van der Waals surface area contributed by atoms with E-state index in [2.05, 4.69) is 20.9 Å². The van der Waals surface area contributed by atoms with Crippen LogP contribution in [0.15, 0.2) is 0 Å². The molecule has 0 aromatic rings. The highest BCUT2D eigenvalue weighted by atomic mass is 16.2. The first-order valence-electron chi connectivity index (χ1n) is 9.78. The molecular weight excluding hydrogens is 304 g/mol. The molecule has 0 aromatic carbocycles. The van der Waals surface area contributed by atoms with E-state index in [-0.39, 0.29) is 23.9 Å². The number of amides is 3. The second-order valence-electron chi connectivity index (χ2n) is 7.59. The van der Waals surface area contributed by atoms with E-state index in [9.17, 15) is 9.59 Å². The van der Waals surface area contributed by atoms with Crippen molar-refractivity contribution >= 4 is 11.9 Å². The highest BCUT2D eigenvalue weighted by molar-refractivity contribution is 5.79. The molecular formula is C18H32N4O2. The molecule has 1 atom stereocenters. The van der Waals surface area contributed by atoms with Gasteiger partial charge in [0.1, 0.15) is 0 Å². The molecule has 1 saturated heterocycles. The number of carbonyl (C=O) groups is 2. The Hall–Kier alpha value is -1.30. The Labute approximate surface area is 145 Å². The summed E-state index contributed by atoms with van der Waals surface area (Å²) in [5.74, 6) is 0.426. The number of carbonyl (C=O) groups excluding carboxylic acids is 2. The van der Waals surface area contributed by atoms with Gasteiger partial charge >= 0.3 is 6.03 Å². The SMILES string of the molecule is O=C(NCCCNC(=O)C1CCC1)NC1CCN(C2CCCC2)C1. The Morgan fingerprint density at radius 1 is 0.917 bits per heavy atom. The van der Waals surface area contributed by atoms with Crippen LogP contribution in [0.1, 0.15) is 57.8 Å². The van der Waals surface area contributed by atoms with Crippen LogP contribution >= 0.6 is 0 Å². The maximum Gasteiger partial charge on any atom is 0.315 e. The van der Waals surface area contributed by atoms with E-state index in [0.717, 1.165) is 44.8 Å². The Bertz CT molecular complexity index is 433. The number of nitrogens with zero attached hydrogens (tertiary/aromatic N) is 1. The van der Waals surface area contributed by atoms with E-state index < -0.39 is 0 Å². The van der Waals surface area contributed by atoms with Crippen LogP contribution in [0, 0.1) is 5.92 Å². The minimum Gasteiger partial charge on any atom is -0.356 e. The van der Waals surface area contributed by atoms with Crippen molar-refractivity contribution in [2.75, 3.05) is 26.2 Å². The van der Waals surface area contributed by atoms with Gasteiger partial charge in [-0.15, -0.1) is 0 Å². The molecule has 6 nitrogen and oxygen atoms in total. The van der Waals surface area contributed by atoms with Crippen LogP contribution in [0.4, 0.5) is 4.79 Å². The van der Waals surface area contributed by atoms with Crippen molar-refractivity contribution in [2.45, 2.75) is 69.9 Å². The van der Waals surface area contributed by atoms with E-state index in [0.29, 0.717) is 13.1 Å². The first-order valence-corrected chi connectivity index (χ1v) is 9.78. The molecule has 3 N–H and O–H groups in total. The standard InChI is InChI=1S/C18H32N4O2/c23-17(14-5-3-6-14)19-10-4-11-20-18(24)21-15-9-12-22(13-15)16-7-1-2-8-16/h14-16H,1-13H2,(H,19,23)(H2,20,21,24). The van der Waals surface area contributed by atoms with Gasteiger partial charge in [0.25, 0.3) is 0 Å². The number of likely N-dealkylation sites (tertiary alicyclic amines) is 1. The molecule has 0 spiro atoms. The van der Waals surface area contributed by atoms with Crippen LogP contribution in [0.5, 0.6) is 0 Å². The summed E-state index contributed by atoms with van der Waals surface area (Å²) in [6.45, 7) is 3.36. The average molecular weight is 336 g/mol. The summed E-state index contributed by atoms with van der Waals surface area (Å²) in [7, 11) is 0. The van der Waals surface area contributed by atoms with Gasteiger partial charge in [-0.3, -0.25) is 9.69 Å². The quantitative estimate of drug-likeness (QED) is 0.619. The third-order valence-corrected chi connectivity index (χ3v) is 5.81. The van der Waals surface area contributed by atoms with Gasteiger partial charge in [-0.1, -0.05) is 19.3 Å². The highest BCUT2D eigenvalue weighted by Crippen LogP contribution is 2.27. The molecule has 1 unspecified atom stereocenters. The Morgan fingerprint density at radius 3 is 2.38 bits per heavy atom. The van der Waals surface area contributed by atoms with Crippen molar-refractivity contribution in [1.82, 2.24) is 20.9 Å². The Kier molecular flexibility index (Phi) is 6.35. The van der Waals surface area contributed by atoms with Crippen molar-refractivity contribution in [2.24, 2.45) is 5.92 Å². The fourth-order valence-electron chi connectivity index (χ4n) is 4.06. The van der Waals surface area contributed by atoms with Gasteiger partial charge in [0, 0.05) is 44.2 Å². The summed E-state index contributed by atoms with van der Waals surface area (Å²) in [4.78, 5) is 26.2. The number of urea groups is 1. The monoisotopic (exact) mass is 336 g/mol. The Balaban J connectivity index is 1.22. The Morgan fingerprint density at radius 2 is 1.67 bits per heavy atom. The minimum absolute atomic E-state index is 0.0707. The van der Waals surface area contributed by atoms with Crippen LogP contribution < -0.4 is 16.0 Å². The third kappa shape index (κ3) is 4.85. The van der Waals surface area contributed by atoms with Crippen LogP contribution in [-0.4, -0.2) is 55.1 Å². The molecule has 136 valence electrons. The number of rotatable bonds is 7. The number of hydrogen-bond acceptors (Lipinski definition) is 3. The molecule has 0 radical (unpaired) electrons. The van der Waals surface area contributed by atoms with Crippen LogP contribution in [-0.2, 0) is 4.79 Å². The zero-order valence-electron chi connectivity index (χ0n) is 14.7. The van der Waals surface area contributed by atoms with Crippen molar-refractivity contribution in [3.8, 4) is 0 Å². The third-order valence-electron chi connectivity index (χ3n) is 5.81. The summed E-state index contributed by atoms with van der Waals surface area (Å²) in [6.07, 6.45) is 10.5. The largest absolute Gasteiger partial charge is 0.356 e. The fraction of sp³-hybridized carbons (Fsp3) is 0.889. The van der Waals surface area contributed by atoms with Crippen molar-refractivity contribution < 1.29 is 9.59 Å². The number of hydrogen-bond donors (Lipinski definition) is 3. The lowest BCUT2D eigenvalue weighted by molar-refractivity contribution is -0.127. The first kappa shape index (κ1) is 17.5. The predicted octanol–water partition coefficient (Wildman–Crippen LogP) is 1.61. The molecule has 0 bridgehead atoms. The lowest BCUT2D eigenvalue weighted by Crippen LogP contribution is -2.44. The van der Waals surface area contributed by atoms with Gasteiger partial charge in [-0.05, 0) is 38.5 Å². The van der Waals surface area contributed by atoms with Gasteiger partial charge in [0.2, 0.25) is 5.91 Å². The van der Waals surface area contributed by atoms with E-state index in [1.807, 2.05) is 0 Å². The van der Waals surface area contributed by atoms with Gasteiger partial charge < -0.3 is 16.0 Å². The first-order chi connectivity index (χ1) is 11.7. The maximum absolute atomic E-state index is 12.0. The molecule has 1 aliphatic heterocycles. The van der Waals surface area contributed by atoms with E-state index in [1.54, 1.807) is 0 Å². The topological polar surface area (TPSA) is 73.5 Å². The lowest BCUT2D eigenvalue weighted by Gasteiger charge is -2.24. The summed E-state index contributed by atoms with van der Waals surface area (Å²) in [5, 5.41) is 8.95. The summed E-state index contributed by atoms with van der Waals surface area (Å²) in [6, 6.07) is 0.960. The van der Waals surface area contributed by atoms with Gasteiger partial charge in [-0.25, -0.2) is 4.79 Å². The summed E-state index contributed by atoms with van der Waals surface area (Å²) >= 11 is 0. The van der Waals surface area contributed by atoms with Gasteiger partial charge in [-0.2, -0.15) is 0 Å². The molecule has 2 aliphatic carbocycles. The zero-order valence-corrected chi connectivity index (χ0v) is 14.7. The molecule has 0 aromatic heterocycles. The highest BCUT2D eigenvalue weighted by Gasteiger charge is 2.30. The molecule has 3 fully saturated rings. The molecule has 3 aliphatic rings. The van der Waals surface area contributed by atoms with Crippen LogP contribution in [0.25, 0.3) is 0 Å². The smallest absolute Gasteiger partial charge is 0.315 e. The second kappa shape index (κ2) is 8.70. The lowest BCUT2D eigenvalue weighted by atomic mass is 9.85. The molecule has 3 rings (SSSR count). The molecule has 2 saturated carbocycles. The zero-order chi connectivity index (χ0) is 16.8. The van der Waals surface area contributed by atoms with E-state index in [4.69, 9.17) is 0 Å². The summed E-state index contributed by atoms with van der Waals surface area (Å²) < 4.78 is 0. The fourth-order valence-corrected chi connectivity index (χ4v) is 4.06. The van der Waals surface area contributed by atoms with Crippen molar-refractivity contribution in [3.63, 3.8) is 0 Å². The second-order valence-corrected chi connectivity index (χ2v) is 7.59. The molecule has 24 heavy (non-hydrogen) atoms. The van der Waals surface area contributed by atoms with E-state index >= 15 is 0 Å². The van der Waals surface area contributed by atoms with Gasteiger partial charge in [0.05, 0.1) is 0 Å². The summed E-state index contributed by atoms with van der Waals surface area (Å²) in [5.41, 5.74) is 0. The average Bonchev–Trinajstić information content (AvgIpc) is 3.15. The van der Waals surface area contributed by atoms with Crippen LogP contribution in [0.3, 0.4) is 0 Å². The molecule has 1 heterocycles. The van der Waals surface area contributed by atoms with Crippen LogP contribution in [0.2, 0.25) is 0 Å². The van der Waals surface area contributed by atoms with E-state index in [1.165, 1.54) is 32.1 Å².